The summed E-state index contributed by atoms with van der Waals surface area (Å²) in [6, 6.07) is 3.40. The van der Waals surface area contributed by atoms with Crippen molar-refractivity contribution in [3.05, 3.63) is 49.6 Å². The monoisotopic (exact) mass is 281 g/mol. The molecule has 0 saturated carbocycles. The summed E-state index contributed by atoms with van der Waals surface area (Å²) in [6.07, 6.45) is 2.34. The highest BCUT2D eigenvalue weighted by atomic mass is 35.5. The van der Waals surface area contributed by atoms with Gasteiger partial charge in [0.25, 0.3) is 11.1 Å². The molecule has 4 nitrogen and oxygen atoms in total. The molecule has 0 fully saturated rings. The van der Waals surface area contributed by atoms with Crippen molar-refractivity contribution in [2.75, 3.05) is 0 Å². The third-order valence-electron chi connectivity index (χ3n) is 2.99. The molecule has 1 N–H and O–H groups in total. The normalized spacial score (nSPS) is 11.4. The van der Waals surface area contributed by atoms with Crippen molar-refractivity contribution in [1.82, 2.24) is 8.77 Å². The minimum atomic E-state index is -0.320. The molecule has 0 aliphatic heterocycles. The predicted molar refractivity (Wildman–Crippen MR) is 74.1 cm³/mol. The topological polar surface area (TPSA) is 54.3 Å². The Bertz CT molecular complexity index is 875. The maximum Gasteiger partial charge on any atom is 0.271 e. The first-order valence-corrected chi connectivity index (χ1v) is 6.67. The van der Waals surface area contributed by atoms with Crippen molar-refractivity contribution in [3.8, 4) is 0 Å². The van der Waals surface area contributed by atoms with E-state index in [0.29, 0.717) is 5.02 Å². The molecule has 0 saturated heterocycles. The van der Waals surface area contributed by atoms with Crippen LogP contribution in [-0.4, -0.2) is 8.77 Å². The summed E-state index contributed by atoms with van der Waals surface area (Å²) in [5.41, 5.74) is 1.11. The molecule has 0 amide bonds. The lowest BCUT2D eigenvalue weighted by Crippen LogP contribution is -2.19. The maximum atomic E-state index is 12.3. The van der Waals surface area contributed by atoms with Gasteiger partial charge in [0.1, 0.15) is 5.39 Å². The largest absolute Gasteiger partial charge is 0.283 e. The van der Waals surface area contributed by atoms with Gasteiger partial charge in [-0.3, -0.25) is 18.4 Å². The van der Waals surface area contributed by atoms with Crippen molar-refractivity contribution in [2.24, 2.45) is 0 Å². The van der Waals surface area contributed by atoms with E-state index in [1.807, 2.05) is 6.92 Å². The Kier molecular flexibility index (Phi) is 2.53. The molecule has 0 aliphatic rings. The molecular weight excluding hydrogens is 273 g/mol. The van der Waals surface area contributed by atoms with Gasteiger partial charge in [-0.2, -0.15) is 0 Å². The van der Waals surface area contributed by atoms with Crippen molar-refractivity contribution >= 4 is 38.7 Å². The zero-order valence-corrected chi connectivity index (χ0v) is 11.1. The van der Waals surface area contributed by atoms with E-state index in [1.54, 1.807) is 18.3 Å². The molecule has 0 bridgehead atoms. The third kappa shape index (κ3) is 1.44. The van der Waals surface area contributed by atoms with Gasteiger partial charge in [-0.1, -0.05) is 30.1 Å². The number of hydrogen-bond donors (Lipinski definition) is 1. The van der Waals surface area contributed by atoms with Gasteiger partial charge in [0.15, 0.2) is 0 Å². The average Bonchev–Trinajstić information content (AvgIpc) is 2.72. The summed E-state index contributed by atoms with van der Waals surface area (Å²) in [5.74, 6) is 0. The van der Waals surface area contributed by atoms with Crippen LogP contribution in [0.1, 0.15) is 12.5 Å². The molecule has 92 valence electrons. The lowest BCUT2D eigenvalue weighted by molar-refractivity contribution is 1.07. The summed E-state index contributed by atoms with van der Waals surface area (Å²) in [6.45, 7) is 1.99. The number of rotatable bonds is 1. The summed E-state index contributed by atoms with van der Waals surface area (Å²) < 4.78 is 4.83. The number of halogens is 1. The lowest BCUT2D eigenvalue weighted by atomic mass is 10.1. The number of H-pyrrole nitrogens is 1. The molecular formula is C12H9ClN2O2S. The molecule has 0 spiro atoms. The number of pyridine rings is 2. The number of aromatic nitrogens is 2. The minimum Gasteiger partial charge on any atom is -0.283 e. The van der Waals surface area contributed by atoms with Crippen LogP contribution in [0.15, 0.2) is 27.9 Å². The van der Waals surface area contributed by atoms with Crippen LogP contribution in [0.3, 0.4) is 0 Å². The average molecular weight is 282 g/mol. The highest BCUT2D eigenvalue weighted by molar-refractivity contribution is 7.13. The Morgan fingerprint density at radius 1 is 1.44 bits per heavy atom. The zero-order valence-electron chi connectivity index (χ0n) is 9.49. The van der Waals surface area contributed by atoms with Crippen LogP contribution < -0.4 is 11.1 Å². The van der Waals surface area contributed by atoms with E-state index in [2.05, 4.69) is 4.37 Å². The first kappa shape index (κ1) is 11.5. The van der Waals surface area contributed by atoms with Gasteiger partial charge in [-0.15, -0.1) is 0 Å². The Morgan fingerprint density at radius 3 is 2.94 bits per heavy atom. The fourth-order valence-corrected chi connectivity index (χ4v) is 3.28. The van der Waals surface area contributed by atoms with Gasteiger partial charge in [0.05, 0.1) is 10.2 Å². The van der Waals surface area contributed by atoms with Gasteiger partial charge < -0.3 is 0 Å². The molecule has 0 aromatic carbocycles. The van der Waals surface area contributed by atoms with E-state index in [9.17, 15) is 9.59 Å². The van der Waals surface area contributed by atoms with Crippen LogP contribution in [0, 0.1) is 0 Å². The predicted octanol–water partition coefficient (Wildman–Crippen LogP) is 2.42. The van der Waals surface area contributed by atoms with Gasteiger partial charge in [-0.05, 0) is 24.1 Å². The number of aromatic amines is 1. The van der Waals surface area contributed by atoms with E-state index in [4.69, 9.17) is 11.6 Å². The molecule has 3 heterocycles. The van der Waals surface area contributed by atoms with E-state index in [-0.39, 0.29) is 16.5 Å². The fraction of sp³-hybridized carbons (Fsp3) is 0.167. The van der Waals surface area contributed by atoms with Crippen LogP contribution in [0.2, 0.25) is 5.02 Å². The molecule has 18 heavy (non-hydrogen) atoms. The number of nitrogens with one attached hydrogen (secondary N) is 1. The highest BCUT2D eigenvalue weighted by Gasteiger charge is 2.15. The Morgan fingerprint density at radius 2 is 2.22 bits per heavy atom. The second-order valence-electron chi connectivity index (χ2n) is 3.97. The number of aryl methyl sites for hydroxylation is 1. The molecule has 3 rings (SSSR count). The number of nitrogens with zero attached hydrogens (tertiary/aromatic N) is 1. The third-order valence-corrected chi connectivity index (χ3v) is 4.16. The van der Waals surface area contributed by atoms with Crippen molar-refractivity contribution in [3.63, 3.8) is 0 Å². The van der Waals surface area contributed by atoms with Crippen LogP contribution in [0.5, 0.6) is 0 Å². The van der Waals surface area contributed by atoms with Gasteiger partial charge in [0.2, 0.25) is 0 Å². The van der Waals surface area contributed by atoms with E-state index in [1.165, 1.54) is 15.9 Å². The van der Waals surface area contributed by atoms with Gasteiger partial charge in [0, 0.05) is 11.2 Å². The molecule has 0 unspecified atom stereocenters. The van der Waals surface area contributed by atoms with Crippen LogP contribution in [0.25, 0.3) is 15.6 Å². The molecule has 0 atom stereocenters. The molecule has 3 aromatic heterocycles. The lowest BCUT2D eigenvalue weighted by Gasteiger charge is -2.07. The standard InChI is InChI=1S/C12H9ClN2O2S/c1-2-7-8-5-6(13)3-4-15(8)12(17)9-10(7)18-14-11(9)16/h3-5H,2H2,1H3,(H,14,16)/i14+1. The van der Waals surface area contributed by atoms with E-state index < -0.39 is 0 Å². The van der Waals surface area contributed by atoms with Gasteiger partial charge in [-0.25, -0.2) is 0 Å². The number of fused-ring (bicyclic) bond motifs is 2. The summed E-state index contributed by atoms with van der Waals surface area (Å²) >= 11 is 7.18. The second-order valence-corrected chi connectivity index (χ2v) is 5.23. The SMILES string of the molecule is CCc1c2s[15nH]c(=O)c2c(=O)n2ccc(Cl)cc12. The summed E-state index contributed by atoms with van der Waals surface area (Å²) in [7, 11) is 0. The van der Waals surface area contributed by atoms with Crippen molar-refractivity contribution < 1.29 is 0 Å². The quantitative estimate of drug-likeness (QED) is 0.745. The number of hydrogen-bond acceptors (Lipinski definition) is 3. The molecule has 0 radical (unpaired) electrons. The van der Waals surface area contributed by atoms with Crippen molar-refractivity contribution in [2.45, 2.75) is 13.3 Å². The fourth-order valence-electron chi connectivity index (χ4n) is 2.17. The molecule has 0 aliphatic carbocycles. The zero-order chi connectivity index (χ0) is 12.9. The molecule has 3 aromatic rings. The van der Waals surface area contributed by atoms with E-state index >= 15 is 0 Å². The van der Waals surface area contributed by atoms with E-state index in [0.717, 1.165) is 22.2 Å². The Balaban J connectivity index is 2.72. The van der Waals surface area contributed by atoms with Crippen LogP contribution >= 0.6 is 23.1 Å². The Hall–Kier alpha value is -1.59. The molecule has 6 heteroatoms. The smallest absolute Gasteiger partial charge is 0.271 e. The van der Waals surface area contributed by atoms with Crippen LogP contribution in [-0.2, 0) is 6.42 Å². The van der Waals surface area contributed by atoms with Crippen molar-refractivity contribution in [1.29, 1.82) is 0 Å². The summed E-state index contributed by atoms with van der Waals surface area (Å²) in [5, 5.41) is 0.808. The Labute approximate surface area is 111 Å². The van der Waals surface area contributed by atoms with Gasteiger partial charge >= 0.3 is 0 Å². The van der Waals surface area contributed by atoms with Crippen LogP contribution in [0.4, 0.5) is 0 Å². The minimum absolute atomic E-state index is 0.233. The summed E-state index contributed by atoms with van der Waals surface area (Å²) in [4.78, 5) is 23.9. The second kappa shape index (κ2) is 3.96. The highest BCUT2D eigenvalue weighted by Crippen LogP contribution is 2.24. The maximum absolute atomic E-state index is 12.3. The first-order valence-electron chi connectivity index (χ1n) is 5.47. The first-order chi connectivity index (χ1) is 8.63.